The maximum absolute atomic E-state index is 12.8. The quantitative estimate of drug-likeness (QED) is 0.756. The van der Waals surface area contributed by atoms with Crippen molar-refractivity contribution in [3.05, 3.63) is 59.4 Å². The Morgan fingerprint density at radius 1 is 1.33 bits per heavy atom. The van der Waals surface area contributed by atoms with Crippen LogP contribution in [0.3, 0.4) is 0 Å². The zero-order chi connectivity index (χ0) is 16.7. The summed E-state index contributed by atoms with van der Waals surface area (Å²) >= 11 is 0. The highest BCUT2D eigenvalue weighted by Gasteiger charge is 2.39. The lowest BCUT2D eigenvalue weighted by Crippen LogP contribution is -2.34. The van der Waals surface area contributed by atoms with Crippen molar-refractivity contribution in [1.29, 1.82) is 0 Å². The summed E-state index contributed by atoms with van der Waals surface area (Å²) in [5, 5.41) is 18.7. The van der Waals surface area contributed by atoms with Gasteiger partial charge in [0.25, 0.3) is 5.91 Å². The lowest BCUT2D eigenvalue weighted by atomic mass is 9.93. The van der Waals surface area contributed by atoms with Gasteiger partial charge >= 0.3 is 0 Å². The number of benzene rings is 1. The fraction of sp³-hybridized carbons (Fsp3) is 0.278. The zero-order valence-corrected chi connectivity index (χ0v) is 13.4. The van der Waals surface area contributed by atoms with Gasteiger partial charge in [-0.05, 0) is 25.0 Å². The molecule has 1 aliphatic rings. The van der Waals surface area contributed by atoms with Crippen LogP contribution in [0.15, 0.2) is 42.6 Å². The minimum absolute atomic E-state index is 0.114. The summed E-state index contributed by atoms with van der Waals surface area (Å²) in [6.07, 6.45) is 2.08. The van der Waals surface area contributed by atoms with E-state index in [0.717, 1.165) is 16.6 Å². The molecule has 2 aromatic heterocycles. The fourth-order valence-corrected chi connectivity index (χ4v) is 3.27. The molecule has 0 bridgehead atoms. The number of hydrogen-bond acceptors (Lipinski definition) is 4. The Hall–Kier alpha value is -2.73. The number of carbonyl (C=O) groups excluding carboxylic acids is 1. The average molecular weight is 322 g/mol. The number of nitrogens with one attached hydrogen (secondary N) is 1. The topological polar surface area (TPSA) is 82.1 Å². The van der Waals surface area contributed by atoms with E-state index in [9.17, 15) is 9.90 Å². The van der Waals surface area contributed by atoms with Gasteiger partial charge in [0.2, 0.25) is 0 Å². The predicted molar refractivity (Wildman–Crippen MR) is 89.5 cm³/mol. The summed E-state index contributed by atoms with van der Waals surface area (Å²) in [6.45, 7) is 2.71. The monoisotopic (exact) mass is 322 g/mol. The molecule has 122 valence electrons. The van der Waals surface area contributed by atoms with E-state index in [1.807, 2.05) is 43.3 Å². The molecule has 1 fully saturated rings. The number of β-amino-alcohol motifs (C(OH)–C–C–N with tert-alkyl or cyclic N) is 1. The van der Waals surface area contributed by atoms with Gasteiger partial charge in [-0.15, -0.1) is 0 Å². The molecule has 1 aliphatic heterocycles. The second kappa shape index (κ2) is 5.42. The first-order valence-electron chi connectivity index (χ1n) is 7.95. The number of hydrogen-bond donors (Lipinski definition) is 2. The third kappa shape index (κ3) is 2.35. The summed E-state index contributed by atoms with van der Waals surface area (Å²) in [7, 11) is 0. The van der Waals surface area contributed by atoms with Crippen LogP contribution in [-0.2, 0) is 5.60 Å². The van der Waals surface area contributed by atoms with E-state index in [2.05, 4.69) is 15.2 Å². The van der Waals surface area contributed by atoms with E-state index in [0.29, 0.717) is 24.2 Å². The lowest BCUT2D eigenvalue weighted by molar-refractivity contribution is 0.0417. The minimum atomic E-state index is -0.986. The molecule has 0 aliphatic carbocycles. The molecule has 0 spiro atoms. The predicted octanol–water partition coefficient (Wildman–Crippen LogP) is 2.00. The highest BCUT2D eigenvalue weighted by molar-refractivity contribution is 5.97. The number of fused-ring (bicyclic) bond motifs is 1. The summed E-state index contributed by atoms with van der Waals surface area (Å²) in [5.41, 5.74) is 1.87. The summed E-state index contributed by atoms with van der Waals surface area (Å²) in [5.74, 6) is -0.114. The molecule has 0 saturated carbocycles. The van der Waals surface area contributed by atoms with Crippen molar-refractivity contribution in [2.75, 3.05) is 13.1 Å². The van der Waals surface area contributed by atoms with Crippen molar-refractivity contribution in [2.45, 2.75) is 18.9 Å². The summed E-state index contributed by atoms with van der Waals surface area (Å²) in [6, 6.07) is 11.3. The van der Waals surface area contributed by atoms with Crippen molar-refractivity contribution in [3.63, 3.8) is 0 Å². The molecule has 1 amide bonds. The van der Waals surface area contributed by atoms with Gasteiger partial charge in [-0.3, -0.25) is 9.89 Å². The van der Waals surface area contributed by atoms with Gasteiger partial charge in [0.15, 0.2) is 5.65 Å². The number of carbonyl (C=O) groups is 1. The van der Waals surface area contributed by atoms with Crippen molar-refractivity contribution in [3.8, 4) is 0 Å². The molecule has 2 N–H and O–H groups in total. The highest BCUT2D eigenvalue weighted by Crippen LogP contribution is 2.32. The van der Waals surface area contributed by atoms with Crippen LogP contribution < -0.4 is 0 Å². The lowest BCUT2D eigenvalue weighted by Gasteiger charge is -2.24. The van der Waals surface area contributed by atoms with Crippen LogP contribution in [0.1, 0.15) is 28.0 Å². The molecule has 3 aromatic rings. The molecule has 0 radical (unpaired) electrons. The largest absolute Gasteiger partial charge is 0.383 e. The number of nitrogens with zero attached hydrogens (tertiary/aromatic N) is 3. The normalized spacial score (nSPS) is 20.7. The highest BCUT2D eigenvalue weighted by atomic mass is 16.3. The van der Waals surface area contributed by atoms with Gasteiger partial charge in [-0.1, -0.05) is 30.3 Å². The Morgan fingerprint density at radius 2 is 2.12 bits per heavy atom. The SMILES string of the molecule is Cc1[nH]nc2ncc(C(=O)N3CCC(O)(c4ccccc4)C3)cc12. The number of H-pyrrole nitrogens is 1. The minimum Gasteiger partial charge on any atom is -0.383 e. The number of aryl methyl sites for hydroxylation is 1. The maximum Gasteiger partial charge on any atom is 0.255 e. The van der Waals surface area contributed by atoms with Crippen molar-refractivity contribution >= 4 is 16.9 Å². The molecule has 1 saturated heterocycles. The van der Waals surface area contributed by atoms with Crippen molar-refractivity contribution in [2.24, 2.45) is 0 Å². The van der Waals surface area contributed by atoms with E-state index in [1.165, 1.54) is 0 Å². The number of likely N-dealkylation sites (tertiary alicyclic amines) is 1. The first kappa shape index (κ1) is 14.8. The van der Waals surface area contributed by atoms with Gasteiger partial charge in [-0.25, -0.2) is 4.98 Å². The molecule has 1 aromatic carbocycles. The van der Waals surface area contributed by atoms with E-state index in [-0.39, 0.29) is 12.5 Å². The number of aromatic amines is 1. The Morgan fingerprint density at radius 3 is 2.92 bits per heavy atom. The second-order valence-corrected chi connectivity index (χ2v) is 6.32. The van der Waals surface area contributed by atoms with Crippen LogP contribution in [0, 0.1) is 6.92 Å². The van der Waals surface area contributed by atoms with Crippen LogP contribution in [0.4, 0.5) is 0 Å². The van der Waals surface area contributed by atoms with E-state index in [4.69, 9.17) is 0 Å². The number of aromatic nitrogens is 3. The number of pyridine rings is 1. The Labute approximate surface area is 139 Å². The standard InChI is InChI=1S/C18H18N4O2/c1-12-15-9-13(10-19-16(15)21-20-12)17(23)22-8-7-18(24,11-22)14-5-3-2-4-6-14/h2-6,9-10,24H,7-8,11H2,1H3,(H,19,20,21). The Bertz CT molecular complexity index is 906. The Kier molecular flexibility index (Phi) is 3.35. The maximum atomic E-state index is 12.8. The van der Waals surface area contributed by atoms with Crippen LogP contribution in [0.25, 0.3) is 11.0 Å². The average Bonchev–Trinajstić information content (AvgIpc) is 3.19. The number of aliphatic hydroxyl groups is 1. The number of amides is 1. The summed E-state index contributed by atoms with van der Waals surface area (Å²) in [4.78, 5) is 18.7. The molecule has 6 nitrogen and oxygen atoms in total. The van der Waals surface area contributed by atoms with Gasteiger partial charge in [0.05, 0.1) is 12.1 Å². The molecule has 4 rings (SSSR count). The molecule has 6 heteroatoms. The van der Waals surface area contributed by atoms with Gasteiger partial charge < -0.3 is 10.0 Å². The Balaban J connectivity index is 1.60. The van der Waals surface area contributed by atoms with Crippen molar-refractivity contribution < 1.29 is 9.90 Å². The number of rotatable bonds is 2. The van der Waals surface area contributed by atoms with Crippen molar-refractivity contribution in [1.82, 2.24) is 20.1 Å². The first-order chi connectivity index (χ1) is 11.6. The van der Waals surface area contributed by atoms with Gasteiger partial charge in [-0.2, -0.15) is 5.10 Å². The molecule has 1 atom stereocenters. The van der Waals surface area contributed by atoms with E-state index >= 15 is 0 Å². The zero-order valence-electron chi connectivity index (χ0n) is 13.4. The van der Waals surface area contributed by atoms with E-state index < -0.39 is 5.60 Å². The van der Waals surface area contributed by atoms with Crippen LogP contribution in [0.5, 0.6) is 0 Å². The third-order valence-electron chi connectivity index (χ3n) is 4.69. The van der Waals surface area contributed by atoms with E-state index in [1.54, 1.807) is 11.1 Å². The first-order valence-corrected chi connectivity index (χ1v) is 7.95. The van der Waals surface area contributed by atoms with Crippen LogP contribution in [-0.4, -0.2) is 44.2 Å². The third-order valence-corrected chi connectivity index (χ3v) is 4.69. The van der Waals surface area contributed by atoms with Gasteiger partial charge in [0.1, 0.15) is 5.60 Å². The molecule has 3 heterocycles. The summed E-state index contributed by atoms with van der Waals surface area (Å²) < 4.78 is 0. The van der Waals surface area contributed by atoms with Crippen LogP contribution in [0.2, 0.25) is 0 Å². The molecular formula is C18H18N4O2. The molecular weight excluding hydrogens is 304 g/mol. The van der Waals surface area contributed by atoms with Crippen LogP contribution >= 0.6 is 0 Å². The van der Waals surface area contributed by atoms with Gasteiger partial charge in [0, 0.05) is 23.8 Å². The second-order valence-electron chi connectivity index (χ2n) is 6.32. The molecule has 1 unspecified atom stereocenters. The molecule has 24 heavy (non-hydrogen) atoms. The fourth-order valence-electron chi connectivity index (χ4n) is 3.27. The smallest absolute Gasteiger partial charge is 0.255 e.